The van der Waals surface area contributed by atoms with E-state index in [1.54, 1.807) is 18.2 Å². The number of rotatable bonds is 6. The molecule has 1 heterocycles. The lowest BCUT2D eigenvalue weighted by atomic mass is 9.48. The molecule has 4 bridgehead atoms. The van der Waals surface area contributed by atoms with Crippen molar-refractivity contribution in [3.63, 3.8) is 0 Å². The van der Waals surface area contributed by atoms with Crippen LogP contribution in [-0.4, -0.2) is 24.5 Å². The Hall–Kier alpha value is -2.71. The van der Waals surface area contributed by atoms with E-state index in [-0.39, 0.29) is 11.0 Å². The fourth-order valence-corrected chi connectivity index (χ4v) is 8.88. The van der Waals surface area contributed by atoms with Crippen molar-refractivity contribution in [1.82, 2.24) is 5.32 Å². The van der Waals surface area contributed by atoms with Gasteiger partial charge in [0.2, 0.25) is 0 Å². The second-order valence-electron chi connectivity index (χ2n) is 11.1. The standard InChI is InChI=1S/C30H28Br2N2O4/c1-2-7-38-26-24(31)12-17(13-25(26)32)11-23-27(35)33-29(37)34(28(23)36)22-5-3-21(4-6-22)30-14-18-8-19(15-30)10-20(9-18)16-30/h2-6,11-13,18-20H,1,7-10,14-16H2,(H,33,35,37)/b23-11-. The molecule has 4 amide bonds. The molecule has 196 valence electrons. The van der Waals surface area contributed by atoms with E-state index >= 15 is 0 Å². The molecule has 0 unspecified atom stereocenters. The van der Waals surface area contributed by atoms with Crippen LogP contribution in [0.5, 0.6) is 5.75 Å². The Bertz CT molecular complexity index is 1320. The van der Waals surface area contributed by atoms with Crippen LogP contribution in [0.3, 0.4) is 0 Å². The summed E-state index contributed by atoms with van der Waals surface area (Å²) in [7, 11) is 0. The topological polar surface area (TPSA) is 75.7 Å². The highest BCUT2D eigenvalue weighted by molar-refractivity contribution is 9.11. The van der Waals surface area contributed by atoms with Gasteiger partial charge in [-0.15, -0.1) is 0 Å². The Morgan fingerprint density at radius 3 is 2.11 bits per heavy atom. The Morgan fingerprint density at radius 1 is 0.974 bits per heavy atom. The molecule has 0 atom stereocenters. The van der Waals surface area contributed by atoms with Gasteiger partial charge in [-0.05, 0) is 135 Å². The molecule has 8 heteroatoms. The first-order valence-corrected chi connectivity index (χ1v) is 14.6. The third-order valence-corrected chi connectivity index (χ3v) is 9.73. The van der Waals surface area contributed by atoms with Crippen LogP contribution in [0.25, 0.3) is 6.08 Å². The molecular formula is C30H28Br2N2O4. The predicted molar refractivity (Wildman–Crippen MR) is 153 cm³/mol. The summed E-state index contributed by atoms with van der Waals surface area (Å²) in [5.41, 5.74) is 2.47. The summed E-state index contributed by atoms with van der Waals surface area (Å²) in [5, 5.41) is 2.32. The van der Waals surface area contributed by atoms with Gasteiger partial charge >= 0.3 is 6.03 Å². The number of carbonyl (C=O) groups is 3. The summed E-state index contributed by atoms with van der Waals surface area (Å²) < 4.78 is 6.95. The zero-order valence-corrected chi connectivity index (χ0v) is 24.0. The monoisotopic (exact) mass is 638 g/mol. The van der Waals surface area contributed by atoms with Gasteiger partial charge in [-0.25, -0.2) is 9.69 Å². The third-order valence-electron chi connectivity index (χ3n) is 8.55. The SMILES string of the molecule is C=CCOc1c(Br)cc(/C=C2/C(=O)NC(=O)N(c3ccc(C45CC6CC(CC(C6)C4)C5)cc3)C2=O)cc1Br. The molecule has 2 aromatic carbocycles. The highest BCUT2D eigenvalue weighted by atomic mass is 79.9. The maximum atomic E-state index is 13.5. The van der Waals surface area contributed by atoms with E-state index in [1.807, 2.05) is 12.1 Å². The van der Waals surface area contributed by atoms with Crippen LogP contribution in [-0.2, 0) is 15.0 Å². The quantitative estimate of drug-likeness (QED) is 0.212. The third kappa shape index (κ3) is 4.45. The molecule has 0 spiro atoms. The molecule has 7 rings (SSSR count). The van der Waals surface area contributed by atoms with Gasteiger partial charge in [-0.1, -0.05) is 24.8 Å². The Kier molecular flexibility index (Phi) is 6.59. The maximum absolute atomic E-state index is 13.5. The summed E-state index contributed by atoms with van der Waals surface area (Å²) in [6.45, 7) is 3.98. The summed E-state index contributed by atoms with van der Waals surface area (Å²) >= 11 is 6.95. The maximum Gasteiger partial charge on any atom is 0.335 e. The number of nitrogens with zero attached hydrogens (tertiary/aromatic N) is 1. The van der Waals surface area contributed by atoms with Crippen LogP contribution in [0.15, 0.2) is 63.6 Å². The molecule has 0 aromatic heterocycles. The van der Waals surface area contributed by atoms with Gasteiger partial charge in [0.1, 0.15) is 17.9 Å². The summed E-state index contributed by atoms with van der Waals surface area (Å²) in [4.78, 5) is 40.0. The van der Waals surface area contributed by atoms with Gasteiger partial charge in [0, 0.05) is 0 Å². The van der Waals surface area contributed by atoms with Crippen molar-refractivity contribution < 1.29 is 19.1 Å². The average molecular weight is 640 g/mol. The van der Waals surface area contributed by atoms with E-state index in [1.165, 1.54) is 50.2 Å². The van der Waals surface area contributed by atoms with E-state index in [2.05, 4.69) is 55.9 Å². The van der Waals surface area contributed by atoms with Crippen molar-refractivity contribution in [2.45, 2.75) is 43.9 Å². The van der Waals surface area contributed by atoms with Crippen LogP contribution >= 0.6 is 31.9 Å². The molecule has 2 aromatic rings. The lowest BCUT2D eigenvalue weighted by molar-refractivity contribution is -0.122. The first-order valence-electron chi connectivity index (χ1n) is 13.0. The fraction of sp³-hybridized carbons (Fsp3) is 0.367. The Morgan fingerprint density at radius 2 is 1.55 bits per heavy atom. The normalized spacial score (nSPS) is 29.1. The number of urea groups is 1. The van der Waals surface area contributed by atoms with Crippen molar-refractivity contribution in [3.05, 3.63) is 74.7 Å². The van der Waals surface area contributed by atoms with Crippen LogP contribution in [0.2, 0.25) is 0 Å². The molecule has 5 aliphatic rings. The van der Waals surface area contributed by atoms with E-state index in [9.17, 15) is 14.4 Å². The summed E-state index contributed by atoms with van der Waals surface area (Å²) in [6.07, 6.45) is 11.0. The summed E-state index contributed by atoms with van der Waals surface area (Å²) in [6, 6.07) is 10.6. The number of amides is 4. The molecular weight excluding hydrogens is 612 g/mol. The lowest BCUT2D eigenvalue weighted by Crippen LogP contribution is -2.54. The highest BCUT2D eigenvalue weighted by Crippen LogP contribution is 2.60. The number of anilines is 1. The Labute approximate surface area is 238 Å². The zero-order valence-electron chi connectivity index (χ0n) is 20.8. The van der Waals surface area contributed by atoms with Gasteiger partial charge in [0.05, 0.1) is 14.6 Å². The zero-order chi connectivity index (χ0) is 26.6. The van der Waals surface area contributed by atoms with E-state index in [4.69, 9.17) is 4.74 Å². The minimum Gasteiger partial charge on any atom is -0.487 e. The van der Waals surface area contributed by atoms with Gasteiger partial charge in [0.25, 0.3) is 11.8 Å². The van der Waals surface area contributed by atoms with Gasteiger partial charge in [0.15, 0.2) is 0 Å². The number of imide groups is 2. The number of hydrogen-bond acceptors (Lipinski definition) is 4. The number of nitrogens with one attached hydrogen (secondary N) is 1. The largest absolute Gasteiger partial charge is 0.487 e. The average Bonchev–Trinajstić information content (AvgIpc) is 2.85. The van der Waals surface area contributed by atoms with Crippen molar-refractivity contribution >= 4 is 61.5 Å². The van der Waals surface area contributed by atoms with Crippen molar-refractivity contribution in [3.8, 4) is 5.75 Å². The molecule has 6 nitrogen and oxygen atoms in total. The second-order valence-corrected chi connectivity index (χ2v) is 12.8. The van der Waals surface area contributed by atoms with Crippen LogP contribution in [0, 0.1) is 17.8 Å². The first kappa shape index (κ1) is 25.6. The number of carbonyl (C=O) groups excluding carboxylic acids is 3. The molecule has 4 saturated carbocycles. The van der Waals surface area contributed by atoms with Crippen molar-refractivity contribution in [2.24, 2.45) is 17.8 Å². The van der Waals surface area contributed by atoms with Crippen LogP contribution < -0.4 is 15.0 Å². The van der Waals surface area contributed by atoms with E-state index in [0.717, 1.165) is 22.7 Å². The van der Waals surface area contributed by atoms with Gasteiger partial charge in [-0.3, -0.25) is 14.9 Å². The highest BCUT2D eigenvalue weighted by Gasteiger charge is 2.51. The van der Waals surface area contributed by atoms with E-state index < -0.39 is 17.8 Å². The molecule has 0 radical (unpaired) electrons. The minimum absolute atomic E-state index is 0.117. The second kappa shape index (κ2) is 9.79. The molecule has 4 aliphatic carbocycles. The molecule has 38 heavy (non-hydrogen) atoms. The van der Waals surface area contributed by atoms with Crippen molar-refractivity contribution in [1.29, 1.82) is 0 Å². The lowest BCUT2D eigenvalue weighted by Gasteiger charge is -2.57. The smallest absolute Gasteiger partial charge is 0.335 e. The number of halogens is 2. The Balaban J connectivity index is 1.27. The minimum atomic E-state index is -0.741. The number of benzene rings is 2. The summed E-state index contributed by atoms with van der Waals surface area (Å²) in [5.74, 6) is 1.70. The molecule has 1 N–H and O–H groups in total. The molecule has 5 fully saturated rings. The van der Waals surface area contributed by atoms with Crippen molar-refractivity contribution in [2.75, 3.05) is 11.5 Å². The fourth-order valence-electron chi connectivity index (χ4n) is 7.43. The predicted octanol–water partition coefficient (Wildman–Crippen LogP) is 6.91. The number of barbiturate groups is 1. The number of ether oxygens (including phenoxy) is 1. The van der Waals surface area contributed by atoms with Crippen LogP contribution in [0.4, 0.5) is 10.5 Å². The van der Waals surface area contributed by atoms with Gasteiger partial charge in [-0.2, -0.15) is 0 Å². The van der Waals surface area contributed by atoms with E-state index in [0.29, 0.717) is 32.6 Å². The van der Waals surface area contributed by atoms with Crippen LogP contribution in [0.1, 0.15) is 49.7 Å². The van der Waals surface area contributed by atoms with Gasteiger partial charge < -0.3 is 4.74 Å². The molecule has 1 saturated heterocycles. The molecule has 1 aliphatic heterocycles. The number of hydrogen-bond donors (Lipinski definition) is 1. The first-order chi connectivity index (χ1) is 18.3.